The first-order valence-electron chi connectivity index (χ1n) is 10.1. The Hall–Kier alpha value is -2.87. The number of carbonyl (C=O) groups is 1. The standard InChI is InChI=1S/C21H28N6O2/c1-16-4-3-5-18(17(16)2)24-21(28)27-8-6-25(7-9-27)19-14-20(23-15-22-19)26-10-12-29-13-11-26/h3-5,14-15H,6-13H2,1-2H3,(H,24,28). The summed E-state index contributed by atoms with van der Waals surface area (Å²) >= 11 is 0. The molecule has 1 N–H and O–H groups in total. The van der Waals surface area contributed by atoms with E-state index in [2.05, 4.69) is 38.1 Å². The van der Waals surface area contributed by atoms with Gasteiger partial charge in [0.2, 0.25) is 0 Å². The van der Waals surface area contributed by atoms with Gasteiger partial charge in [-0.25, -0.2) is 14.8 Å². The molecular weight excluding hydrogens is 368 g/mol. The van der Waals surface area contributed by atoms with Gasteiger partial charge in [-0.05, 0) is 31.0 Å². The minimum Gasteiger partial charge on any atom is -0.378 e. The van der Waals surface area contributed by atoms with Gasteiger partial charge in [0.15, 0.2) is 0 Å². The molecule has 2 aromatic rings. The Bertz CT molecular complexity index is 860. The number of amides is 2. The summed E-state index contributed by atoms with van der Waals surface area (Å²) in [6.07, 6.45) is 1.62. The van der Waals surface area contributed by atoms with Gasteiger partial charge in [-0.2, -0.15) is 0 Å². The highest BCUT2D eigenvalue weighted by molar-refractivity contribution is 5.90. The zero-order valence-corrected chi connectivity index (χ0v) is 17.1. The number of rotatable bonds is 3. The molecule has 0 unspecified atom stereocenters. The molecule has 2 aliphatic heterocycles. The number of anilines is 3. The number of nitrogens with one attached hydrogen (secondary N) is 1. The lowest BCUT2D eigenvalue weighted by Gasteiger charge is -2.36. The largest absolute Gasteiger partial charge is 0.378 e. The van der Waals surface area contributed by atoms with Gasteiger partial charge in [-0.1, -0.05) is 12.1 Å². The topological polar surface area (TPSA) is 73.8 Å². The van der Waals surface area contributed by atoms with Crippen molar-refractivity contribution in [3.05, 3.63) is 41.7 Å². The zero-order valence-electron chi connectivity index (χ0n) is 17.1. The highest BCUT2D eigenvalue weighted by Gasteiger charge is 2.23. The van der Waals surface area contributed by atoms with E-state index in [-0.39, 0.29) is 6.03 Å². The molecule has 1 aromatic heterocycles. The third kappa shape index (κ3) is 4.42. The van der Waals surface area contributed by atoms with Crippen LogP contribution in [0.5, 0.6) is 0 Å². The molecule has 0 radical (unpaired) electrons. The molecule has 154 valence electrons. The normalized spacial score (nSPS) is 17.4. The van der Waals surface area contributed by atoms with Crippen LogP contribution in [0.25, 0.3) is 0 Å². The number of aromatic nitrogens is 2. The predicted octanol–water partition coefficient (Wildman–Crippen LogP) is 2.28. The van der Waals surface area contributed by atoms with Crippen LogP contribution >= 0.6 is 0 Å². The molecule has 0 atom stereocenters. The average molecular weight is 396 g/mol. The van der Waals surface area contributed by atoms with Crippen LogP contribution in [0.4, 0.5) is 22.1 Å². The highest BCUT2D eigenvalue weighted by Crippen LogP contribution is 2.21. The van der Waals surface area contributed by atoms with Crippen molar-refractivity contribution in [3.8, 4) is 0 Å². The molecule has 2 fully saturated rings. The van der Waals surface area contributed by atoms with Gasteiger partial charge in [-0.3, -0.25) is 0 Å². The van der Waals surface area contributed by atoms with Gasteiger partial charge in [0, 0.05) is 51.0 Å². The number of aryl methyl sites for hydroxylation is 1. The van der Waals surface area contributed by atoms with Gasteiger partial charge in [-0.15, -0.1) is 0 Å². The van der Waals surface area contributed by atoms with E-state index in [4.69, 9.17) is 4.74 Å². The number of benzene rings is 1. The van der Waals surface area contributed by atoms with Crippen LogP contribution in [-0.4, -0.2) is 73.4 Å². The number of hydrogen-bond donors (Lipinski definition) is 1. The second-order valence-corrected chi connectivity index (χ2v) is 7.49. The second-order valence-electron chi connectivity index (χ2n) is 7.49. The van der Waals surface area contributed by atoms with E-state index in [1.807, 2.05) is 30.0 Å². The number of nitrogens with zero attached hydrogens (tertiary/aromatic N) is 5. The van der Waals surface area contributed by atoms with Crippen LogP contribution in [0, 0.1) is 13.8 Å². The summed E-state index contributed by atoms with van der Waals surface area (Å²) in [5.74, 6) is 1.85. The van der Waals surface area contributed by atoms with E-state index in [0.717, 1.165) is 62.3 Å². The van der Waals surface area contributed by atoms with Gasteiger partial charge in [0.25, 0.3) is 0 Å². The lowest BCUT2D eigenvalue weighted by Crippen LogP contribution is -2.50. The number of morpholine rings is 1. The summed E-state index contributed by atoms with van der Waals surface area (Å²) < 4.78 is 5.42. The fraction of sp³-hybridized carbons (Fsp3) is 0.476. The van der Waals surface area contributed by atoms with E-state index in [1.165, 1.54) is 5.56 Å². The monoisotopic (exact) mass is 396 g/mol. The second kappa shape index (κ2) is 8.65. The Morgan fingerprint density at radius 3 is 2.31 bits per heavy atom. The third-order valence-electron chi connectivity index (χ3n) is 5.71. The summed E-state index contributed by atoms with van der Waals surface area (Å²) in [4.78, 5) is 27.9. The molecule has 0 bridgehead atoms. The molecule has 2 saturated heterocycles. The first kappa shape index (κ1) is 19.4. The van der Waals surface area contributed by atoms with Gasteiger partial charge in [0.1, 0.15) is 18.0 Å². The number of carbonyl (C=O) groups excluding carboxylic acids is 1. The van der Waals surface area contributed by atoms with Gasteiger partial charge >= 0.3 is 6.03 Å². The van der Waals surface area contributed by atoms with E-state index >= 15 is 0 Å². The summed E-state index contributed by atoms with van der Waals surface area (Å²) in [6, 6.07) is 7.96. The lowest BCUT2D eigenvalue weighted by atomic mass is 10.1. The van der Waals surface area contributed by atoms with Crippen molar-refractivity contribution in [2.45, 2.75) is 13.8 Å². The maximum absolute atomic E-state index is 12.7. The molecule has 3 heterocycles. The predicted molar refractivity (Wildman–Crippen MR) is 114 cm³/mol. The van der Waals surface area contributed by atoms with Crippen LogP contribution < -0.4 is 15.1 Å². The number of hydrogen-bond acceptors (Lipinski definition) is 6. The number of ether oxygens (including phenoxy) is 1. The van der Waals surface area contributed by atoms with E-state index in [1.54, 1.807) is 6.33 Å². The van der Waals surface area contributed by atoms with Crippen molar-refractivity contribution in [1.29, 1.82) is 0 Å². The maximum atomic E-state index is 12.7. The quantitative estimate of drug-likeness (QED) is 0.858. The highest BCUT2D eigenvalue weighted by atomic mass is 16.5. The Kier molecular flexibility index (Phi) is 5.80. The van der Waals surface area contributed by atoms with Crippen molar-refractivity contribution >= 4 is 23.4 Å². The fourth-order valence-corrected chi connectivity index (χ4v) is 3.69. The summed E-state index contributed by atoms with van der Waals surface area (Å²) in [7, 11) is 0. The smallest absolute Gasteiger partial charge is 0.321 e. The molecule has 0 aliphatic carbocycles. The molecule has 8 heteroatoms. The van der Waals surface area contributed by atoms with E-state index in [9.17, 15) is 4.79 Å². The molecular formula is C21H28N6O2. The summed E-state index contributed by atoms with van der Waals surface area (Å²) in [5.41, 5.74) is 3.16. The van der Waals surface area contributed by atoms with Crippen LogP contribution in [0.3, 0.4) is 0 Å². The minimum absolute atomic E-state index is 0.0463. The first-order chi connectivity index (χ1) is 14.1. The molecule has 0 spiro atoms. The van der Waals surface area contributed by atoms with Crippen LogP contribution in [0.15, 0.2) is 30.6 Å². The average Bonchev–Trinajstić information content (AvgIpc) is 2.78. The Morgan fingerprint density at radius 1 is 0.966 bits per heavy atom. The van der Waals surface area contributed by atoms with Gasteiger partial charge in [0.05, 0.1) is 13.2 Å². The Balaban J connectivity index is 1.35. The first-order valence-corrected chi connectivity index (χ1v) is 10.1. The Morgan fingerprint density at radius 2 is 1.62 bits per heavy atom. The van der Waals surface area contributed by atoms with Crippen molar-refractivity contribution in [1.82, 2.24) is 14.9 Å². The molecule has 1 aromatic carbocycles. The third-order valence-corrected chi connectivity index (χ3v) is 5.71. The van der Waals surface area contributed by atoms with E-state index in [0.29, 0.717) is 13.1 Å². The van der Waals surface area contributed by atoms with Crippen LogP contribution in [0.1, 0.15) is 11.1 Å². The molecule has 2 aliphatic rings. The zero-order chi connectivity index (χ0) is 20.2. The van der Waals surface area contributed by atoms with Crippen molar-refractivity contribution < 1.29 is 9.53 Å². The summed E-state index contributed by atoms with van der Waals surface area (Å²) in [6.45, 7) is 10.1. The molecule has 2 amide bonds. The van der Waals surface area contributed by atoms with Gasteiger partial charge < -0.3 is 24.8 Å². The minimum atomic E-state index is -0.0463. The van der Waals surface area contributed by atoms with Crippen molar-refractivity contribution in [2.24, 2.45) is 0 Å². The number of urea groups is 1. The lowest BCUT2D eigenvalue weighted by molar-refractivity contribution is 0.122. The maximum Gasteiger partial charge on any atom is 0.321 e. The van der Waals surface area contributed by atoms with Crippen LogP contribution in [0.2, 0.25) is 0 Å². The SMILES string of the molecule is Cc1cccc(NC(=O)N2CCN(c3cc(N4CCOCC4)ncn3)CC2)c1C. The number of piperazine rings is 1. The fourth-order valence-electron chi connectivity index (χ4n) is 3.69. The molecule has 0 saturated carbocycles. The van der Waals surface area contributed by atoms with Crippen molar-refractivity contribution in [3.63, 3.8) is 0 Å². The summed E-state index contributed by atoms with van der Waals surface area (Å²) in [5, 5.41) is 3.05. The molecule has 4 rings (SSSR count). The van der Waals surface area contributed by atoms with Crippen LogP contribution in [-0.2, 0) is 4.74 Å². The molecule has 29 heavy (non-hydrogen) atoms. The van der Waals surface area contributed by atoms with Crippen molar-refractivity contribution in [2.75, 3.05) is 67.6 Å². The Labute approximate surface area is 171 Å². The van der Waals surface area contributed by atoms with E-state index < -0.39 is 0 Å². The molecule has 8 nitrogen and oxygen atoms in total.